The van der Waals surface area contributed by atoms with Gasteiger partial charge in [-0.05, 0) is 207 Å². The number of fused-ring (bicyclic) bond motifs is 18. The van der Waals surface area contributed by atoms with E-state index in [9.17, 15) is 15.1 Å². The number of para-hydroxylation sites is 3. The summed E-state index contributed by atoms with van der Waals surface area (Å²) in [5.74, 6) is 0. The number of hydrogen-bond donors (Lipinski definition) is 0. The number of hydrogen-bond acceptors (Lipinski definition) is 3. The first-order valence-corrected chi connectivity index (χ1v) is 35.7. The van der Waals surface area contributed by atoms with Gasteiger partial charge >= 0.3 is 0 Å². The first kappa shape index (κ1) is 35.2. The first-order valence-electron chi connectivity index (χ1n) is 58.2. The summed E-state index contributed by atoms with van der Waals surface area (Å²) < 4.78 is 416. The Bertz CT molecular complexity index is 10500. The molecule has 0 saturated carbocycles. The highest BCUT2D eigenvalue weighted by Gasteiger charge is 2.36. The average Bonchev–Trinajstić information content (AvgIpc) is 1.68. The zero-order chi connectivity index (χ0) is 115. The van der Waals surface area contributed by atoms with E-state index in [1.54, 1.807) is 60.7 Å². The summed E-state index contributed by atoms with van der Waals surface area (Å²) in [5.41, 5.74) is 2.11. The molecule has 1 aliphatic carbocycles. The fourth-order valence-electron chi connectivity index (χ4n) is 16.1. The van der Waals surface area contributed by atoms with Gasteiger partial charge in [-0.3, -0.25) is 0 Å². The molecule has 3 heteroatoms. The summed E-state index contributed by atoms with van der Waals surface area (Å²) in [5, 5.41) is -3.88. The van der Waals surface area contributed by atoms with Crippen LogP contribution in [-0.2, 0) is 5.41 Å². The Kier molecular flexibility index (Phi) is 8.28. The predicted molar refractivity (Wildman–Crippen MR) is 482 cm³/mol. The van der Waals surface area contributed by atoms with Crippen molar-refractivity contribution in [3.8, 4) is 89.0 Å². The molecule has 0 bridgehead atoms. The summed E-state index contributed by atoms with van der Waals surface area (Å²) in [7, 11) is 0. The van der Waals surface area contributed by atoms with Crippen LogP contribution in [0.3, 0.4) is 0 Å². The minimum atomic E-state index is -0.713. The smallest absolute Gasteiger partial charge is 0.136 e. The molecule has 24 rings (SSSR count). The zero-order valence-electron chi connectivity index (χ0n) is 104. The zero-order valence-corrected chi connectivity index (χ0v) is 59.3. The van der Waals surface area contributed by atoms with E-state index in [-0.39, 0.29) is 164 Å². The maximum absolute atomic E-state index is 9.41. The number of rotatable bonds is 7. The maximum Gasteiger partial charge on any atom is 0.136 e. The molecule has 114 heavy (non-hydrogen) atoms. The van der Waals surface area contributed by atoms with Crippen LogP contribution in [0.25, 0.3) is 219 Å². The summed E-state index contributed by atoms with van der Waals surface area (Å²) in [6, 6.07) is 9.67. The van der Waals surface area contributed by atoms with E-state index < -0.39 is 294 Å². The van der Waals surface area contributed by atoms with E-state index in [2.05, 4.69) is 13.8 Å². The second kappa shape index (κ2) is 26.8. The van der Waals surface area contributed by atoms with E-state index in [1.165, 1.54) is 0 Å². The summed E-state index contributed by atoms with van der Waals surface area (Å²) in [4.78, 5) is 0. The molecule has 0 aliphatic heterocycles. The Morgan fingerprint density at radius 3 is 0.816 bits per heavy atom. The largest absolute Gasteiger partial charge is 0.456 e. The second-order valence-electron chi connectivity index (χ2n) is 27.3. The second-order valence-corrected chi connectivity index (χ2v) is 27.3. The van der Waals surface area contributed by atoms with Crippen LogP contribution < -0.4 is 0 Å². The topological polar surface area (TPSA) is 39.4 Å². The van der Waals surface area contributed by atoms with E-state index in [0.717, 1.165) is 33.4 Å². The van der Waals surface area contributed by atoms with Gasteiger partial charge in [0.05, 0.1) is 61.7 Å². The van der Waals surface area contributed by atoms with Crippen LogP contribution in [0.2, 0.25) is 0 Å². The van der Waals surface area contributed by atoms with Crippen LogP contribution in [0.1, 0.15) is 86.7 Å². The van der Waals surface area contributed by atoms with Gasteiger partial charge in [-0.2, -0.15) is 0 Å². The predicted octanol–water partition coefficient (Wildman–Crippen LogP) is 31.7. The summed E-state index contributed by atoms with van der Waals surface area (Å²) in [6.07, 6.45) is 0. The Labute approximate surface area is 722 Å². The SMILES string of the molecule is [2H]c1c([2H])c([2H])c2c(oc3c([2H])c([2H])c([2H])c(-c4c5c([2H])c([2H])c([2H])c([2H])c5c(-c5ccc(-c6ccccc6)cc5)c5c([2H])c([2H])c([2H])c([2H])c45)c32)c1[2H].[2H]c1c([2H])c([2H])c2c(oc3c([2H])c([2H])c([2H])c(-c4c5c([2H])c([2H])c([2H])c([2H])c5c(-c5ccc6c(c5)C(C)(C)c5ccccc5-6)c5c([2H])c([2H])c([2H])c([2H])c45)c32)c1[2H].[2H]c1c([2H])c([2H])c2c(oc3c([2H])c([2H])c([2H])c(-c4c5c([2H])c([2H])c([2H])c([2H])c5c(-c5ccccc5)c5c([2H])c([2H])c([2H])c([2H])c45)c32)c1[2H]. The third-order valence-corrected chi connectivity index (χ3v) is 20.9. The molecule has 23 aromatic rings. The molecule has 0 radical (unpaired) electrons. The van der Waals surface area contributed by atoms with Crippen molar-refractivity contribution in [2.45, 2.75) is 19.3 Å². The lowest BCUT2D eigenvalue weighted by Crippen LogP contribution is -2.14. The molecule has 0 atom stereocenters. The highest BCUT2D eigenvalue weighted by atomic mass is 16.3. The molecular weight excluding hydrogens is 1380 g/mol. The normalized spacial score (nSPS) is 17.9. The fourth-order valence-corrected chi connectivity index (χ4v) is 16.1. The number of furan rings is 3. The van der Waals surface area contributed by atoms with Crippen molar-refractivity contribution in [3.05, 3.63) is 410 Å². The van der Waals surface area contributed by atoms with Crippen LogP contribution >= 0.6 is 0 Å². The van der Waals surface area contributed by atoms with Gasteiger partial charge in [-0.25, -0.2) is 0 Å². The molecular formula is C111H72O3. The van der Waals surface area contributed by atoms with Gasteiger partial charge in [0.1, 0.15) is 33.5 Å². The first-order chi connectivity index (χ1) is 75.1. The number of benzene rings is 20. The lowest BCUT2D eigenvalue weighted by molar-refractivity contribution is 0.660. The average molecular weight is 1500 g/mol. The van der Waals surface area contributed by atoms with Gasteiger partial charge in [0.25, 0.3) is 0 Å². The fraction of sp³-hybridized carbons (Fsp3) is 0.0270. The Morgan fingerprint density at radius 1 is 0.193 bits per heavy atom. The summed E-state index contributed by atoms with van der Waals surface area (Å²) >= 11 is 0. The van der Waals surface area contributed by atoms with Gasteiger partial charge < -0.3 is 13.3 Å². The molecule has 0 unspecified atom stereocenters. The lowest BCUT2D eigenvalue weighted by atomic mass is 9.80. The van der Waals surface area contributed by atoms with Crippen molar-refractivity contribution in [1.29, 1.82) is 0 Å². The van der Waals surface area contributed by atoms with Gasteiger partial charge in [0.15, 0.2) is 0 Å². The van der Waals surface area contributed by atoms with Crippen molar-refractivity contribution < 1.29 is 74.9 Å². The van der Waals surface area contributed by atoms with E-state index in [1.807, 2.05) is 66.7 Å². The molecule has 3 aromatic heterocycles. The Hall–Kier alpha value is -14.6. The molecule has 534 valence electrons. The van der Waals surface area contributed by atoms with E-state index in [0.29, 0.717) is 16.7 Å². The van der Waals surface area contributed by atoms with Crippen molar-refractivity contribution in [3.63, 3.8) is 0 Å². The molecule has 1 aliphatic rings. The van der Waals surface area contributed by atoms with Crippen molar-refractivity contribution in [2.75, 3.05) is 0 Å². The molecule has 3 nitrogen and oxygen atoms in total. The van der Waals surface area contributed by atoms with Gasteiger partial charge in [0, 0.05) is 37.7 Å². The van der Waals surface area contributed by atoms with E-state index in [4.69, 9.17) is 59.9 Å². The van der Waals surface area contributed by atoms with Crippen LogP contribution in [0.5, 0.6) is 0 Å². The van der Waals surface area contributed by atoms with Crippen molar-refractivity contribution in [2.24, 2.45) is 0 Å². The Balaban J connectivity index is 0.000000133. The molecule has 3 heterocycles. The minimum Gasteiger partial charge on any atom is -0.456 e. The molecule has 0 spiro atoms. The molecule has 0 saturated heterocycles. The highest BCUT2D eigenvalue weighted by molar-refractivity contribution is 6.29. The van der Waals surface area contributed by atoms with Crippen LogP contribution in [-0.4, -0.2) is 0 Å². The summed E-state index contributed by atoms with van der Waals surface area (Å²) in [6.45, 7) is 4.11. The van der Waals surface area contributed by atoms with Gasteiger partial charge in [-0.15, -0.1) is 0 Å². The van der Waals surface area contributed by atoms with Crippen LogP contribution in [0, 0.1) is 0 Å². The molecule has 0 N–H and O–H groups in total. The van der Waals surface area contributed by atoms with Crippen LogP contribution in [0.4, 0.5) is 0 Å². The van der Waals surface area contributed by atoms with E-state index >= 15 is 0 Å². The van der Waals surface area contributed by atoms with Gasteiger partial charge in [0.2, 0.25) is 0 Å². The third-order valence-electron chi connectivity index (χ3n) is 20.9. The standard InChI is InChI=1S/C41H28O.C38H24O.C32H20O/c1-41(2)34-19-9-7-12-26(34)27-23-22-25(24-35(27)41)38-28-13-3-5-15-30(28)39(31-16-6-4-14-29(31)38)33-18-11-21-37-40(33)32-17-8-10-20-36(32)42-37;1-2-11-25(12-3-1)26-21-23-27(24-22-26)36-28-13-4-6-15-30(28)37(31-16-7-5-14-29(31)36)33-18-10-20-35-38(33)32-17-8-9-19-34(32)39-35;1-2-11-21(12-3-1)30-22-13-4-6-15-24(22)31(25-16-7-5-14-23(25)30)27-18-10-20-29-32(27)26-17-8-9-19-28(26)33-29/h3-24H,1-2H3;1-24H;1-20H/i3D,4D,5D,6D,8D,10D,11D,13D,14D,15D,16D,17D,18D,20D,21D;2*4D,5D,6D,7D,8D,9D,10D,13D,14D,15D,16D,17D,18D,19D,20D. The minimum absolute atomic E-state index is 0.0623. The van der Waals surface area contributed by atoms with Gasteiger partial charge in [-0.1, -0.05) is 371 Å². The highest BCUT2D eigenvalue weighted by Crippen LogP contribution is 2.54. The third kappa shape index (κ3) is 10.6. The molecule has 0 fully saturated rings. The maximum atomic E-state index is 9.41. The quantitative estimate of drug-likeness (QED) is 0.149. The van der Waals surface area contributed by atoms with Crippen molar-refractivity contribution >= 4 is 130 Å². The Morgan fingerprint density at radius 2 is 0.447 bits per heavy atom. The lowest BCUT2D eigenvalue weighted by Gasteiger charge is -2.23. The van der Waals surface area contributed by atoms with Crippen molar-refractivity contribution in [1.82, 2.24) is 0 Å². The molecule has 0 amide bonds. The van der Waals surface area contributed by atoms with Crippen LogP contribution in [0.15, 0.2) is 413 Å². The monoisotopic (exact) mass is 1500 g/mol. The molecule has 20 aromatic carbocycles.